The van der Waals surface area contributed by atoms with Gasteiger partial charge < -0.3 is 0 Å². The van der Waals surface area contributed by atoms with Crippen molar-refractivity contribution in [1.29, 1.82) is 0 Å². The lowest BCUT2D eigenvalue weighted by atomic mass is 9.97. The van der Waals surface area contributed by atoms with Crippen LogP contribution in [0.15, 0.2) is 48.5 Å². The van der Waals surface area contributed by atoms with Crippen LogP contribution in [-0.2, 0) is 23.3 Å². The minimum absolute atomic E-state index is 0.394. The molecule has 2 aromatic rings. The first-order valence-electron chi connectivity index (χ1n) is 6.84. The molecule has 0 N–H and O–H groups in total. The molecule has 0 atom stereocenters. The van der Waals surface area contributed by atoms with Crippen LogP contribution in [0.4, 0.5) is 0 Å². The number of hydrogen-bond acceptors (Lipinski definition) is 2. The summed E-state index contributed by atoms with van der Waals surface area (Å²) >= 11 is 0. The molecule has 0 saturated heterocycles. The van der Waals surface area contributed by atoms with E-state index in [-0.39, 0.29) is 0 Å². The van der Waals surface area contributed by atoms with Crippen molar-refractivity contribution in [2.24, 2.45) is 0 Å². The molecule has 1 aliphatic heterocycles. The van der Waals surface area contributed by atoms with Crippen molar-refractivity contribution in [2.45, 2.75) is 13.1 Å². The van der Waals surface area contributed by atoms with Crippen LogP contribution >= 0.6 is 0 Å². The first-order chi connectivity index (χ1) is 10.00. The Morgan fingerprint density at radius 3 is 1.71 bits per heavy atom. The van der Waals surface area contributed by atoms with Crippen LogP contribution in [0.5, 0.6) is 0 Å². The maximum atomic E-state index is 12.5. The third-order valence-electron chi connectivity index (χ3n) is 3.81. The number of rotatable bonds is 2. The Labute approximate surface area is 125 Å². The van der Waals surface area contributed by atoms with E-state index in [4.69, 9.17) is 0 Å². The summed E-state index contributed by atoms with van der Waals surface area (Å²) in [5.74, 6) is 0. The lowest BCUT2D eigenvalue weighted by molar-refractivity contribution is 0.367. The first-order valence-corrected chi connectivity index (χ1v) is 8.23. The molecule has 0 aliphatic carbocycles. The van der Waals surface area contributed by atoms with Crippen molar-refractivity contribution < 1.29 is 8.42 Å². The van der Waals surface area contributed by atoms with Gasteiger partial charge in [0.2, 0.25) is 0 Å². The largest absolute Gasteiger partial charge is 0.282 e. The molecule has 0 saturated carbocycles. The van der Waals surface area contributed by atoms with Gasteiger partial charge in [0.15, 0.2) is 0 Å². The average Bonchev–Trinajstić information content (AvgIpc) is 2.64. The monoisotopic (exact) mass is 302 g/mol. The Hall–Kier alpha value is -1.69. The summed E-state index contributed by atoms with van der Waals surface area (Å²) in [7, 11) is -0.307. The molecule has 110 valence electrons. The maximum Gasteiger partial charge on any atom is 0.282 e. The van der Waals surface area contributed by atoms with Crippen LogP contribution < -0.4 is 0 Å². The molecule has 0 fully saturated rings. The summed E-state index contributed by atoms with van der Waals surface area (Å²) in [6.07, 6.45) is 0. The number of nitrogens with zero attached hydrogens (tertiary/aromatic N) is 2. The van der Waals surface area contributed by atoms with Crippen LogP contribution in [0.3, 0.4) is 0 Å². The van der Waals surface area contributed by atoms with E-state index in [9.17, 15) is 8.42 Å². The van der Waals surface area contributed by atoms with E-state index in [0.29, 0.717) is 13.1 Å². The molecule has 0 spiro atoms. The maximum absolute atomic E-state index is 12.5. The molecular weight excluding hydrogens is 284 g/mol. The lowest BCUT2D eigenvalue weighted by Crippen LogP contribution is -2.38. The van der Waals surface area contributed by atoms with Crippen LogP contribution in [0, 0.1) is 0 Å². The second kappa shape index (κ2) is 5.26. The minimum atomic E-state index is -3.44. The Morgan fingerprint density at radius 2 is 1.29 bits per heavy atom. The van der Waals surface area contributed by atoms with Gasteiger partial charge in [0.25, 0.3) is 10.2 Å². The molecule has 4 nitrogen and oxygen atoms in total. The highest BCUT2D eigenvalue weighted by Gasteiger charge is 2.28. The van der Waals surface area contributed by atoms with Gasteiger partial charge >= 0.3 is 0 Å². The van der Waals surface area contributed by atoms with E-state index in [1.165, 1.54) is 8.61 Å². The van der Waals surface area contributed by atoms with Gasteiger partial charge in [-0.2, -0.15) is 17.0 Å². The number of hydrogen-bond donors (Lipinski definition) is 0. The van der Waals surface area contributed by atoms with Crippen molar-refractivity contribution in [2.75, 3.05) is 14.1 Å². The predicted molar refractivity (Wildman–Crippen MR) is 83.7 cm³/mol. The second-order valence-corrected chi connectivity index (χ2v) is 7.51. The predicted octanol–water partition coefficient (Wildman–Crippen LogP) is 2.48. The Bertz CT molecular complexity index is 722. The highest BCUT2D eigenvalue weighted by atomic mass is 32.2. The fourth-order valence-corrected chi connectivity index (χ4v) is 3.74. The van der Waals surface area contributed by atoms with Crippen molar-refractivity contribution in [3.05, 3.63) is 59.7 Å². The highest BCUT2D eigenvalue weighted by molar-refractivity contribution is 7.86. The second-order valence-electron chi connectivity index (χ2n) is 5.37. The van der Waals surface area contributed by atoms with Crippen LogP contribution in [0.25, 0.3) is 11.1 Å². The zero-order chi connectivity index (χ0) is 15.0. The van der Waals surface area contributed by atoms with E-state index in [0.717, 1.165) is 22.3 Å². The first kappa shape index (κ1) is 14.3. The summed E-state index contributed by atoms with van der Waals surface area (Å²) < 4.78 is 27.8. The molecule has 1 heterocycles. The van der Waals surface area contributed by atoms with Gasteiger partial charge in [-0.3, -0.25) is 0 Å². The van der Waals surface area contributed by atoms with Crippen molar-refractivity contribution in [3.8, 4) is 11.1 Å². The summed E-state index contributed by atoms with van der Waals surface area (Å²) in [5.41, 5.74) is 4.30. The van der Waals surface area contributed by atoms with Gasteiger partial charge in [-0.25, -0.2) is 0 Å². The van der Waals surface area contributed by atoms with Crippen LogP contribution in [0.1, 0.15) is 11.1 Å². The molecule has 3 rings (SSSR count). The van der Waals surface area contributed by atoms with Crippen molar-refractivity contribution in [1.82, 2.24) is 8.61 Å². The third kappa shape index (κ3) is 2.48. The standard InChI is InChI=1S/C16H18N2O2S/c1-17(2)21(19,20)18-11-13-7-3-5-9-15(13)16-10-6-4-8-14(16)12-18/h3-10H,11-12H2,1-2H3. The van der Waals surface area contributed by atoms with Crippen molar-refractivity contribution in [3.63, 3.8) is 0 Å². The van der Waals surface area contributed by atoms with Crippen molar-refractivity contribution >= 4 is 10.2 Å². The summed E-state index contributed by atoms with van der Waals surface area (Å²) in [6.45, 7) is 0.788. The Kier molecular flexibility index (Phi) is 3.57. The molecule has 0 unspecified atom stereocenters. The summed E-state index contributed by atoms with van der Waals surface area (Å²) in [5, 5.41) is 0. The Morgan fingerprint density at radius 1 is 0.857 bits per heavy atom. The fraction of sp³-hybridized carbons (Fsp3) is 0.250. The number of fused-ring (bicyclic) bond motifs is 3. The van der Waals surface area contributed by atoms with E-state index >= 15 is 0 Å². The molecular formula is C16H18N2O2S. The average molecular weight is 302 g/mol. The quantitative estimate of drug-likeness (QED) is 0.855. The minimum Gasteiger partial charge on any atom is -0.195 e. The molecule has 0 radical (unpaired) electrons. The third-order valence-corrected chi connectivity index (χ3v) is 5.64. The fourth-order valence-electron chi connectivity index (χ4n) is 2.67. The molecule has 21 heavy (non-hydrogen) atoms. The topological polar surface area (TPSA) is 40.6 Å². The van der Waals surface area contributed by atoms with Gasteiger partial charge in [-0.05, 0) is 22.3 Å². The molecule has 0 aromatic heterocycles. The van der Waals surface area contributed by atoms with E-state index in [1.54, 1.807) is 14.1 Å². The van der Waals surface area contributed by atoms with E-state index in [2.05, 4.69) is 12.1 Å². The van der Waals surface area contributed by atoms with Crippen LogP contribution in [0.2, 0.25) is 0 Å². The Balaban J connectivity index is 2.18. The normalized spacial score (nSPS) is 15.4. The van der Waals surface area contributed by atoms with Gasteiger partial charge in [-0.1, -0.05) is 48.5 Å². The van der Waals surface area contributed by atoms with Gasteiger partial charge in [0.1, 0.15) is 0 Å². The van der Waals surface area contributed by atoms with Gasteiger partial charge in [-0.15, -0.1) is 0 Å². The molecule has 0 bridgehead atoms. The zero-order valence-corrected chi connectivity index (χ0v) is 13.0. The SMILES string of the molecule is CN(C)S(=O)(=O)N1Cc2ccccc2-c2ccccc2C1. The molecule has 1 aliphatic rings. The lowest BCUT2D eigenvalue weighted by Gasteiger charge is -2.24. The van der Waals surface area contributed by atoms with E-state index in [1.807, 2.05) is 36.4 Å². The van der Waals surface area contributed by atoms with Gasteiger partial charge in [0.05, 0.1) is 0 Å². The van der Waals surface area contributed by atoms with E-state index < -0.39 is 10.2 Å². The number of benzene rings is 2. The summed E-state index contributed by atoms with van der Waals surface area (Å²) in [6, 6.07) is 16.0. The highest BCUT2D eigenvalue weighted by Crippen LogP contribution is 2.33. The molecule has 5 heteroatoms. The van der Waals surface area contributed by atoms with Gasteiger partial charge in [0, 0.05) is 27.2 Å². The summed E-state index contributed by atoms with van der Waals surface area (Å²) in [4.78, 5) is 0. The van der Waals surface area contributed by atoms with Crippen LogP contribution in [-0.4, -0.2) is 31.1 Å². The smallest absolute Gasteiger partial charge is 0.195 e. The molecule has 2 aromatic carbocycles. The zero-order valence-electron chi connectivity index (χ0n) is 12.2. The molecule has 0 amide bonds.